The van der Waals surface area contributed by atoms with Crippen LogP contribution in [0.5, 0.6) is 0 Å². The van der Waals surface area contributed by atoms with Crippen LogP contribution >= 0.6 is 0 Å². The highest BCUT2D eigenvalue weighted by Crippen LogP contribution is 2.30. The summed E-state index contributed by atoms with van der Waals surface area (Å²) in [6, 6.07) is 6.18. The lowest BCUT2D eigenvalue weighted by molar-refractivity contribution is -0.133. The van der Waals surface area contributed by atoms with E-state index in [9.17, 15) is 14.0 Å². The van der Waals surface area contributed by atoms with E-state index in [4.69, 9.17) is 5.73 Å². The third-order valence-corrected chi connectivity index (χ3v) is 6.50. The van der Waals surface area contributed by atoms with Gasteiger partial charge in [0.1, 0.15) is 23.0 Å². The van der Waals surface area contributed by atoms with E-state index in [-0.39, 0.29) is 48.2 Å². The quantitative estimate of drug-likeness (QED) is 0.645. The zero-order valence-corrected chi connectivity index (χ0v) is 19.2. The van der Waals surface area contributed by atoms with Crippen LogP contribution in [-0.2, 0) is 23.2 Å². The first-order chi connectivity index (χ1) is 15.9. The number of carbonyl (C=O) groups excluding carboxylic acids is 2. The number of amides is 1. The Morgan fingerprint density at radius 3 is 2.64 bits per heavy atom. The minimum atomic E-state index is -0.332. The smallest absolute Gasteiger partial charge is 0.262 e. The van der Waals surface area contributed by atoms with E-state index in [2.05, 4.69) is 9.88 Å². The van der Waals surface area contributed by atoms with Crippen LogP contribution in [0.25, 0.3) is 0 Å². The van der Waals surface area contributed by atoms with Gasteiger partial charge in [0.25, 0.3) is 5.91 Å². The monoisotopic (exact) mass is 454 g/mol. The Labute approximate surface area is 193 Å². The largest absolute Gasteiger partial charge is 0.385 e. The van der Waals surface area contributed by atoms with Crippen LogP contribution in [0.4, 0.5) is 4.39 Å². The number of rotatable bonds is 7. The second-order valence-electron chi connectivity index (χ2n) is 8.69. The van der Waals surface area contributed by atoms with Crippen molar-refractivity contribution in [3.8, 4) is 0 Å². The van der Waals surface area contributed by atoms with Crippen molar-refractivity contribution in [2.45, 2.75) is 38.8 Å². The van der Waals surface area contributed by atoms with Crippen molar-refractivity contribution in [3.63, 3.8) is 0 Å². The van der Waals surface area contributed by atoms with E-state index >= 15 is 0 Å². The molecule has 33 heavy (non-hydrogen) atoms. The van der Waals surface area contributed by atoms with Crippen molar-refractivity contribution in [2.75, 3.05) is 26.3 Å². The Kier molecular flexibility index (Phi) is 6.78. The number of benzene rings is 1. The van der Waals surface area contributed by atoms with Crippen molar-refractivity contribution >= 4 is 11.7 Å². The fourth-order valence-electron chi connectivity index (χ4n) is 4.66. The van der Waals surface area contributed by atoms with E-state index in [0.29, 0.717) is 13.1 Å². The number of nitrogens with two attached hydrogens (primary N) is 1. The van der Waals surface area contributed by atoms with Crippen LogP contribution in [0.3, 0.4) is 0 Å². The van der Waals surface area contributed by atoms with Crippen molar-refractivity contribution in [2.24, 2.45) is 12.8 Å². The zero-order chi connectivity index (χ0) is 23.5. The van der Waals surface area contributed by atoms with Gasteiger partial charge in [0, 0.05) is 32.5 Å². The molecule has 176 valence electrons. The summed E-state index contributed by atoms with van der Waals surface area (Å²) >= 11 is 0. The predicted molar refractivity (Wildman–Crippen MR) is 122 cm³/mol. The molecule has 1 aromatic heterocycles. The molecule has 2 aliphatic heterocycles. The van der Waals surface area contributed by atoms with Gasteiger partial charge in [0.2, 0.25) is 0 Å². The first kappa shape index (κ1) is 23.0. The summed E-state index contributed by atoms with van der Waals surface area (Å²) in [5.74, 6) is 0.185. The third-order valence-electron chi connectivity index (χ3n) is 6.50. The number of likely N-dealkylation sites (tertiary alicyclic amines) is 1. The lowest BCUT2D eigenvalue weighted by Gasteiger charge is -2.39. The summed E-state index contributed by atoms with van der Waals surface area (Å²) in [5, 5.41) is 0. The minimum absolute atomic E-state index is 0.0285. The summed E-state index contributed by atoms with van der Waals surface area (Å²) < 4.78 is 15.3. The number of Topliss-reactive ketones (excluding diaryl/α,β-unsaturated/α-hetero) is 1. The van der Waals surface area contributed by atoms with Gasteiger partial charge in [-0.1, -0.05) is 18.6 Å². The van der Waals surface area contributed by atoms with Gasteiger partial charge in [-0.25, -0.2) is 9.37 Å². The van der Waals surface area contributed by atoms with Gasteiger partial charge in [-0.3, -0.25) is 14.5 Å². The number of aryl methyl sites for hydroxylation is 1. The van der Waals surface area contributed by atoms with Crippen molar-refractivity contribution < 1.29 is 14.0 Å². The van der Waals surface area contributed by atoms with E-state index in [0.717, 1.165) is 37.2 Å². The van der Waals surface area contributed by atoms with Gasteiger partial charge in [0.15, 0.2) is 5.78 Å². The molecule has 1 saturated heterocycles. The molecule has 0 bridgehead atoms. The molecule has 1 amide bonds. The fourth-order valence-corrected chi connectivity index (χ4v) is 4.66. The number of nitrogens with zero attached hydrogens (tertiary/aromatic N) is 5. The maximum atomic E-state index is 13.5. The van der Waals surface area contributed by atoms with E-state index < -0.39 is 0 Å². The second-order valence-corrected chi connectivity index (χ2v) is 8.69. The first-order valence-electron chi connectivity index (χ1n) is 11.4. The Hall–Kier alpha value is -3.20. The molecule has 4 rings (SSSR count). The maximum Gasteiger partial charge on any atom is 0.262 e. The highest BCUT2D eigenvalue weighted by atomic mass is 19.1. The molecule has 2 aromatic rings. The molecule has 1 fully saturated rings. The number of ketones is 1. The number of imidazole rings is 1. The number of carbonyl (C=O) groups is 2. The highest BCUT2D eigenvalue weighted by molar-refractivity contribution is 6.20. The normalized spacial score (nSPS) is 20.0. The molecule has 1 aromatic carbocycles. The van der Waals surface area contributed by atoms with Gasteiger partial charge in [0.05, 0.1) is 19.3 Å². The SMILES string of the molecule is CCN1CN(Cc2ccc(F)cc2)C(N)=C(C(=O)CN2CCCC[C@@H]2c2nccn2C)C1=O. The van der Waals surface area contributed by atoms with E-state index in [1.54, 1.807) is 28.1 Å². The number of likely N-dealkylation sites (N-methyl/N-ethyl adjacent to an activating group) is 1. The number of aromatic nitrogens is 2. The Bertz CT molecular complexity index is 1050. The molecule has 2 N–H and O–H groups in total. The average Bonchev–Trinajstić information content (AvgIpc) is 3.23. The topological polar surface area (TPSA) is 87.7 Å². The molecule has 0 spiro atoms. The van der Waals surface area contributed by atoms with E-state index in [1.165, 1.54) is 12.1 Å². The van der Waals surface area contributed by atoms with Gasteiger partial charge in [-0.15, -0.1) is 0 Å². The maximum absolute atomic E-state index is 13.5. The summed E-state index contributed by atoms with van der Waals surface area (Å²) in [5.41, 5.74) is 7.28. The van der Waals surface area contributed by atoms with Gasteiger partial charge < -0.3 is 20.1 Å². The molecule has 2 aliphatic rings. The second kappa shape index (κ2) is 9.74. The lowest BCUT2D eigenvalue weighted by Crippen LogP contribution is -2.51. The molecule has 0 unspecified atom stereocenters. The van der Waals surface area contributed by atoms with Crippen molar-refractivity contribution in [1.82, 2.24) is 24.3 Å². The van der Waals surface area contributed by atoms with Gasteiger partial charge in [-0.05, 0) is 44.0 Å². The number of piperidine rings is 1. The Balaban J connectivity index is 1.58. The zero-order valence-electron chi connectivity index (χ0n) is 19.2. The molecule has 3 heterocycles. The van der Waals surface area contributed by atoms with E-state index in [1.807, 2.05) is 24.7 Å². The molecule has 9 heteroatoms. The molecule has 0 saturated carbocycles. The molecule has 0 aliphatic carbocycles. The van der Waals surface area contributed by atoms with Crippen LogP contribution in [0.2, 0.25) is 0 Å². The third kappa shape index (κ3) is 4.78. The van der Waals surface area contributed by atoms with Crippen LogP contribution < -0.4 is 5.73 Å². The molecule has 1 atom stereocenters. The predicted octanol–water partition coefficient (Wildman–Crippen LogP) is 2.15. The Morgan fingerprint density at radius 1 is 1.21 bits per heavy atom. The molecule has 0 radical (unpaired) electrons. The fraction of sp³-hybridized carbons (Fsp3) is 0.458. The van der Waals surface area contributed by atoms with Crippen LogP contribution in [0, 0.1) is 5.82 Å². The molecule has 8 nitrogen and oxygen atoms in total. The van der Waals surface area contributed by atoms with Crippen molar-refractivity contribution in [1.29, 1.82) is 0 Å². The van der Waals surface area contributed by atoms with Crippen molar-refractivity contribution in [3.05, 3.63) is 65.3 Å². The summed E-state index contributed by atoms with van der Waals surface area (Å²) in [6.07, 6.45) is 6.65. The van der Waals surface area contributed by atoms with Crippen LogP contribution in [0.1, 0.15) is 43.6 Å². The van der Waals surface area contributed by atoms with Crippen LogP contribution in [-0.4, -0.2) is 62.2 Å². The molecular weight excluding hydrogens is 423 g/mol. The number of hydrogen-bond acceptors (Lipinski definition) is 6. The highest BCUT2D eigenvalue weighted by Gasteiger charge is 2.36. The average molecular weight is 455 g/mol. The van der Waals surface area contributed by atoms with Gasteiger partial charge >= 0.3 is 0 Å². The Morgan fingerprint density at radius 2 is 1.97 bits per heavy atom. The van der Waals surface area contributed by atoms with Gasteiger partial charge in [-0.2, -0.15) is 0 Å². The summed E-state index contributed by atoms with van der Waals surface area (Å²) in [6.45, 7) is 3.88. The minimum Gasteiger partial charge on any atom is -0.385 e. The first-order valence-corrected chi connectivity index (χ1v) is 11.4. The number of hydrogen-bond donors (Lipinski definition) is 1. The summed E-state index contributed by atoms with van der Waals surface area (Å²) in [4.78, 5) is 36.6. The lowest BCUT2D eigenvalue weighted by atomic mass is 9.99. The standard InChI is InChI=1S/C24H31FN6O2/c1-3-29-16-31(14-17-7-9-18(25)10-8-17)22(26)21(24(29)33)20(32)15-30-12-5-4-6-19(30)23-27-11-13-28(23)2/h7-11,13,19H,3-6,12,14-16,26H2,1-2H3/t19-/m1/s1. The van der Waals surface area contributed by atoms with Crippen LogP contribution in [0.15, 0.2) is 48.1 Å². The molecular formula is C24H31FN6O2. The summed E-state index contributed by atoms with van der Waals surface area (Å²) in [7, 11) is 1.95. The number of halogens is 1.